The van der Waals surface area contributed by atoms with Crippen molar-refractivity contribution in [3.05, 3.63) is 88.1 Å². The van der Waals surface area contributed by atoms with Gasteiger partial charge in [-0.15, -0.1) is 0 Å². The highest BCUT2D eigenvalue weighted by atomic mass is 32.2. The van der Waals surface area contributed by atoms with Gasteiger partial charge in [-0.25, -0.2) is 0 Å². The van der Waals surface area contributed by atoms with Crippen molar-refractivity contribution in [1.29, 1.82) is 0 Å². The molecule has 0 saturated heterocycles. The maximum Gasteiger partial charge on any atom is 0.193 e. The molecule has 4 rings (SSSR count). The molecule has 0 saturated carbocycles. The van der Waals surface area contributed by atoms with E-state index in [9.17, 15) is 4.79 Å². The Hall–Kier alpha value is -2.98. The van der Waals surface area contributed by atoms with E-state index in [4.69, 9.17) is 9.15 Å². The van der Waals surface area contributed by atoms with E-state index in [0.717, 1.165) is 32.2 Å². The third-order valence-corrected chi connectivity index (χ3v) is 5.90. The molecule has 3 nitrogen and oxygen atoms in total. The van der Waals surface area contributed by atoms with Crippen molar-refractivity contribution < 1.29 is 9.15 Å². The van der Waals surface area contributed by atoms with Gasteiger partial charge in [-0.1, -0.05) is 36.0 Å². The zero-order valence-electron chi connectivity index (χ0n) is 16.0. The van der Waals surface area contributed by atoms with Gasteiger partial charge in [0.1, 0.15) is 11.5 Å². The van der Waals surface area contributed by atoms with Crippen LogP contribution in [0.1, 0.15) is 11.1 Å². The van der Waals surface area contributed by atoms with Gasteiger partial charge >= 0.3 is 0 Å². The monoisotopic (exact) mass is 388 g/mol. The maximum absolute atomic E-state index is 12.9. The summed E-state index contributed by atoms with van der Waals surface area (Å²) in [7, 11) is 1.63. The van der Waals surface area contributed by atoms with E-state index in [1.807, 2.05) is 49.4 Å². The molecule has 0 aliphatic carbocycles. The summed E-state index contributed by atoms with van der Waals surface area (Å²) < 4.78 is 11.5. The van der Waals surface area contributed by atoms with E-state index in [-0.39, 0.29) is 5.43 Å². The van der Waals surface area contributed by atoms with Gasteiger partial charge in [0, 0.05) is 16.5 Å². The van der Waals surface area contributed by atoms with E-state index >= 15 is 0 Å². The lowest BCUT2D eigenvalue weighted by Crippen LogP contribution is -2.04. The van der Waals surface area contributed by atoms with Crippen LogP contribution in [0.15, 0.2) is 85.7 Å². The van der Waals surface area contributed by atoms with Crippen LogP contribution in [0.5, 0.6) is 5.75 Å². The van der Waals surface area contributed by atoms with Gasteiger partial charge < -0.3 is 9.15 Å². The van der Waals surface area contributed by atoms with Crippen LogP contribution >= 0.6 is 11.8 Å². The van der Waals surface area contributed by atoms with Gasteiger partial charge in [0.05, 0.1) is 17.4 Å². The number of fused-ring (bicyclic) bond motifs is 1. The minimum absolute atomic E-state index is 0.0283. The first-order valence-corrected chi connectivity index (χ1v) is 9.84. The zero-order valence-corrected chi connectivity index (χ0v) is 16.8. The van der Waals surface area contributed by atoms with E-state index in [1.54, 1.807) is 24.9 Å². The Morgan fingerprint density at radius 1 is 0.893 bits per heavy atom. The topological polar surface area (TPSA) is 39.4 Å². The van der Waals surface area contributed by atoms with E-state index in [2.05, 4.69) is 25.1 Å². The van der Waals surface area contributed by atoms with Gasteiger partial charge in [0.25, 0.3) is 0 Å². The summed E-state index contributed by atoms with van der Waals surface area (Å²) in [5.41, 5.74) is 3.48. The van der Waals surface area contributed by atoms with Gasteiger partial charge in [0.15, 0.2) is 11.0 Å². The lowest BCUT2D eigenvalue weighted by molar-refractivity contribution is 0.415. The molecule has 0 atom stereocenters. The van der Waals surface area contributed by atoms with Gasteiger partial charge in [-0.3, -0.25) is 4.79 Å². The summed E-state index contributed by atoms with van der Waals surface area (Å²) in [6.45, 7) is 4.01. The van der Waals surface area contributed by atoms with Crippen LogP contribution in [0.4, 0.5) is 0 Å². The highest BCUT2D eigenvalue weighted by molar-refractivity contribution is 7.99. The molecule has 0 bridgehead atoms. The van der Waals surface area contributed by atoms with E-state index in [1.165, 1.54) is 0 Å². The van der Waals surface area contributed by atoms with Crippen LogP contribution in [-0.2, 0) is 0 Å². The van der Waals surface area contributed by atoms with Crippen molar-refractivity contribution >= 4 is 22.7 Å². The number of methoxy groups -OCH3 is 1. The molecule has 0 fully saturated rings. The van der Waals surface area contributed by atoms with E-state index < -0.39 is 0 Å². The molecular formula is C24H20O3S. The molecule has 0 aliphatic heterocycles. The molecule has 1 aromatic heterocycles. The Kier molecular flexibility index (Phi) is 4.97. The molecule has 0 spiro atoms. The molecule has 28 heavy (non-hydrogen) atoms. The number of hydrogen-bond acceptors (Lipinski definition) is 4. The highest BCUT2D eigenvalue weighted by Gasteiger charge is 2.16. The SMILES string of the molecule is COc1ccc(-c2cc(=O)c3c(C)cc(C)c(Sc4ccccc4)c3o2)cc1. The standard InChI is InChI=1S/C24H20O3S/c1-15-13-16(2)24(28-19-7-5-4-6-8-19)23-22(15)20(25)14-21(27-23)17-9-11-18(26-3)12-10-17/h4-14H,1-3H3. The van der Waals surface area contributed by atoms with Crippen LogP contribution in [-0.4, -0.2) is 7.11 Å². The first kappa shape index (κ1) is 18.4. The Morgan fingerprint density at radius 2 is 1.61 bits per heavy atom. The molecule has 0 amide bonds. The summed E-state index contributed by atoms with van der Waals surface area (Å²) in [6, 6.07) is 21.3. The minimum atomic E-state index is -0.0283. The molecule has 3 aromatic carbocycles. The summed E-state index contributed by atoms with van der Waals surface area (Å²) in [6.07, 6.45) is 0. The second-order valence-electron chi connectivity index (χ2n) is 6.66. The van der Waals surface area contributed by atoms with Crippen molar-refractivity contribution in [2.24, 2.45) is 0 Å². The summed E-state index contributed by atoms with van der Waals surface area (Å²) >= 11 is 1.62. The number of aryl methyl sites for hydroxylation is 2. The smallest absolute Gasteiger partial charge is 0.193 e. The summed E-state index contributed by atoms with van der Waals surface area (Å²) in [5, 5.41) is 0.640. The number of benzene rings is 3. The number of rotatable bonds is 4. The van der Waals surface area contributed by atoms with Crippen LogP contribution < -0.4 is 10.2 Å². The molecule has 4 aromatic rings. The number of ether oxygens (including phenoxy) is 1. The molecular weight excluding hydrogens is 368 g/mol. The Morgan fingerprint density at radius 3 is 2.29 bits per heavy atom. The number of hydrogen-bond donors (Lipinski definition) is 0. The second-order valence-corrected chi connectivity index (χ2v) is 7.75. The quantitative estimate of drug-likeness (QED) is 0.415. The summed E-state index contributed by atoms with van der Waals surface area (Å²) in [4.78, 5) is 15.0. The fraction of sp³-hybridized carbons (Fsp3) is 0.125. The maximum atomic E-state index is 12.9. The average Bonchev–Trinajstić information content (AvgIpc) is 2.71. The minimum Gasteiger partial charge on any atom is -0.497 e. The first-order valence-electron chi connectivity index (χ1n) is 9.02. The zero-order chi connectivity index (χ0) is 19.7. The summed E-state index contributed by atoms with van der Waals surface area (Å²) in [5.74, 6) is 1.32. The van der Waals surface area contributed by atoms with Crippen LogP contribution in [0, 0.1) is 13.8 Å². The molecule has 1 heterocycles. The molecule has 140 valence electrons. The highest BCUT2D eigenvalue weighted by Crippen LogP contribution is 2.38. The van der Waals surface area contributed by atoms with Gasteiger partial charge in [-0.2, -0.15) is 0 Å². The predicted molar refractivity (Wildman–Crippen MR) is 115 cm³/mol. The Labute approximate surface area is 168 Å². The first-order chi connectivity index (χ1) is 13.6. The molecule has 0 aliphatic rings. The average molecular weight is 388 g/mol. The fourth-order valence-corrected chi connectivity index (χ4v) is 4.28. The van der Waals surface area contributed by atoms with Crippen molar-refractivity contribution in [3.63, 3.8) is 0 Å². The lowest BCUT2D eigenvalue weighted by atomic mass is 10.1. The Bertz CT molecular complexity index is 1190. The molecule has 4 heteroatoms. The third kappa shape index (κ3) is 3.43. The van der Waals surface area contributed by atoms with Gasteiger partial charge in [-0.05, 0) is 61.4 Å². The Balaban J connectivity index is 1.93. The van der Waals surface area contributed by atoms with Crippen LogP contribution in [0.2, 0.25) is 0 Å². The van der Waals surface area contributed by atoms with Crippen LogP contribution in [0.3, 0.4) is 0 Å². The molecule has 0 unspecified atom stereocenters. The van der Waals surface area contributed by atoms with Crippen molar-refractivity contribution in [2.45, 2.75) is 23.6 Å². The predicted octanol–water partition coefficient (Wildman–Crippen LogP) is 6.24. The lowest BCUT2D eigenvalue weighted by Gasteiger charge is -2.13. The van der Waals surface area contributed by atoms with Crippen LogP contribution in [0.25, 0.3) is 22.3 Å². The second kappa shape index (κ2) is 7.56. The van der Waals surface area contributed by atoms with Gasteiger partial charge in [0.2, 0.25) is 0 Å². The van der Waals surface area contributed by atoms with Crippen molar-refractivity contribution in [2.75, 3.05) is 7.11 Å². The molecule has 0 N–H and O–H groups in total. The normalized spacial score (nSPS) is 11.0. The third-order valence-electron chi connectivity index (χ3n) is 4.68. The fourth-order valence-electron chi connectivity index (χ4n) is 3.30. The van der Waals surface area contributed by atoms with E-state index in [0.29, 0.717) is 16.7 Å². The van der Waals surface area contributed by atoms with Crippen molar-refractivity contribution in [1.82, 2.24) is 0 Å². The van der Waals surface area contributed by atoms with Crippen molar-refractivity contribution in [3.8, 4) is 17.1 Å². The largest absolute Gasteiger partial charge is 0.497 e. The molecule has 0 radical (unpaired) electrons.